The van der Waals surface area contributed by atoms with E-state index in [0.717, 1.165) is 0 Å². The van der Waals surface area contributed by atoms with Gasteiger partial charge in [-0.1, -0.05) is 60.1 Å². The Labute approximate surface area is 171 Å². The summed E-state index contributed by atoms with van der Waals surface area (Å²) in [4.78, 5) is 13.0. The summed E-state index contributed by atoms with van der Waals surface area (Å²) in [6, 6.07) is 15.2. The smallest absolute Gasteiger partial charge is 0.304 e. The number of Topliss-reactive ketones (excluding diaryl/α,β-unsaturated/α-hetero) is 1. The molecular formula is C17H17B3ClNO5S. The van der Waals surface area contributed by atoms with E-state index in [-0.39, 0.29) is 0 Å². The first kappa shape index (κ1) is 20.4. The highest BCUT2D eigenvalue weighted by atomic mass is 35.5. The Morgan fingerprint density at radius 3 is 2.25 bits per heavy atom. The Morgan fingerprint density at radius 2 is 1.64 bits per heavy atom. The van der Waals surface area contributed by atoms with Crippen molar-refractivity contribution in [3.8, 4) is 0 Å². The second kappa shape index (κ2) is 6.94. The molecule has 28 heavy (non-hydrogen) atoms. The number of ether oxygens (including phenoxy) is 1. The molecule has 0 radical (unpaired) electrons. The second-order valence-corrected chi connectivity index (χ2v) is 9.55. The molecule has 0 saturated heterocycles. The maximum Gasteiger partial charge on any atom is 0.304 e. The van der Waals surface area contributed by atoms with Crippen LogP contribution in [0.1, 0.15) is 11.1 Å². The molecule has 3 rings (SSSR count). The molecule has 1 atom stereocenters. The van der Waals surface area contributed by atoms with Crippen molar-refractivity contribution in [1.29, 1.82) is 0 Å². The molecule has 0 aliphatic carbocycles. The SMILES string of the molecule is BC(B)(c1ccccc1)S(=O)(=O)OC1=C(N)O[C@@](B)(c2ccccc2Cl)C1=O. The van der Waals surface area contributed by atoms with Gasteiger partial charge in [0, 0.05) is 10.6 Å². The maximum absolute atomic E-state index is 13.0. The third-order valence-corrected chi connectivity index (χ3v) is 7.05. The zero-order valence-electron chi connectivity index (χ0n) is 15.6. The quantitative estimate of drug-likeness (QED) is 0.512. The lowest BCUT2D eigenvalue weighted by Gasteiger charge is -2.26. The van der Waals surface area contributed by atoms with Gasteiger partial charge in [-0.15, -0.1) is 0 Å². The topological polar surface area (TPSA) is 95.7 Å². The van der Waals surface area contributed by atoms with E-state index in [9.17, 15) is 13.2 Å². The van der Waals surface area contributed by atoms with E-state index < -0.39 is 37.6 Å². The van der Waals surface area contributed by atoms with Gasteiger partial charge in [-0.25, -0.2) is 0 Å². The number of nitrogens with two attached hydrogens (primary N) is 1. The maximum atomic E-state index is 13.0. The molecule has 0 spiro atoms. The van der Waals surface area contributed by atoms with Crippen molar-refractivity contribution in [2.75, 3.05) is 0 Å². The van der Waals surface area contributed by atoms with E-state index in [2.05, 4.69) is 0 Å². The van der Waals surface area contributed by atoms with Crippen LogP contribution in [0.3, 0.4) is 0 Å². The molecule has 1 aliphatic heterocycles. The summed E-state index contributed by atoms with van der Waals surface area (Å²) >= 11 is 6.19. The van der Waals surface area contributed by atoms with Gasteiger partial charge in [0.2, 0.25) is 17.4 Å². The molecule has 0 bridgehead atoms. The van der Waals surface area contributed by atoms with Crippen molar-refractivity contribution in [2.24, 2.45) is 5.73 Å². The molecule has 142 valence electrons. The number of hydrogen-bond donors (Lipinski definition) is 1. The molecule has 1 heterocycles. The zero-order valence-corrected chi connectivity index (χ0v) is 17.2. The van der Waals surface area contributed by atoms with E-state index in [4.69, 9.17) is 26.3 Å². The summed E-state index contributed by atoms with van der Waals surface area (Å²) in [5.74, 6) is -1.67. The average Bonchev–Trinajstić information content (AvgIpc) is 2.86. The molecule has 6 nitrogen and oxygen atoms in total. The molecule has 0 saturated carbocycles. The molecule has 11 heteroatoms. The van der Waals surface area contributed by atoms with Crippen LogP contribution in [0.4, 0.5) is 0 Å². The van der Waals surface area contributed by atoms with Crippen LogP contribution >= 0.6 is 11.6 Å². The van der Waals surface area contributed by atoms with Crippen molar-refractivity contribution >= 4 is 51.0 Å². The van der Waals surface area contributed by atoms with Crippen LogP contribution < -0.4 is 5.73 Å². The number of carbonyl (C=O) groups excluding carboxylic acids is 1. The summed E-state index contributed by atoms with van der Waals surface area (Å²) < 4.78 is 35.3. The van der Waals surface area contributed by atoms with Gasteiger partial charge in [-0.05, 0) is 11.6 Å². The summed E-state index contributed by atoms with van der Waals surface area (Å²) in [6.45, 7) is 0. The van der Waals surface area contributed by atoms with E-state index in [1.54, 1.807) is 54.6 Å². The highest BCUT2D eigenvalue weighted by molar-refractivity contribution is 7.90. The molecule has 2 N–H and O–H groups in total. The summed E-state index contributed by atoms with van der Waals surface area (Å²) in [5, 5.41) is 0.292. The number of benzene rings is 2. The lowest BCUT2D eigenvalue weighted by Crippen LogP contribution is -2.40. The summed E-state index contributed by atoms with van der Waals surface area (Å²) in [5.41, 5.74) is 5.12. The largest absolute Gasteiger partial charge is 0.467 e. The van der Waals surface area contributed by atoms with Crippen molar-refractivity contribution in [2.45, 2.75) is 10.0 Å². The first-order valence-corrected chi connectivity index (χ1v) is 10.3. The minimum atomic E-state index is -4.28. The number of rotatable bonds is 5. The summed E-state index contributed by atoms with van der Waals surface area (Å²) in [7, 11) is 0.167. The third-order valence-electron chi connectivity index (χ3n) is 4.85. The standard InChI is InChI=1S/C17H17B3ClNO5S/c18-16(11-8-4-5-9-12(11)21)14(23)13(15(22)26-16)27-28(24,25)17(19,20)10-6-2-1-3-7-10/h1-9H,18-20,22H2/t16-/m0/s1. The van der Waals surface area contributed by atoms with Crippen LogP contribution in [-0.2, 0) is 33.9 Å². The number of ketones is 1. The van der Waals surface area contributed by atoms with Crippen molar-refractivity contribution in [3.05, 3.63) is 82.4 Å². The van der Waals surface area contributed by atoms with Gasteiger partial charge in [0.15, 0.2) is 13.3 Å². The van der Waals surface area contributed by atoms with Gasteiger partial charge < -0.3 is 14.7 Å². The van der Waals surface area contributed by atoms with Crippen LogP contribution in [0.15, 0.2) is 66.2 Å². The number of halogens is 1. The highest BCUT2D eigenvalue weighted by Gasteiger charge is 2.51. The lowest BCUT2D eigenvalue weighted by molar-refractivity contribution is -0.126. The van der Waals surface area contributed by atoms with Crippen LogP contribution in [0.2, 0.25) is 5.02 Å². The molecule has 2 aromatic rings. The lowest BCUT2D eigenvalue weighted by atomic mass is 9.65. The van der Waals surface area contributed by atoms with Crippen LogP contribution in [0.5, 0.6) is 0 Å². The van der Waals surface area contributed by atoms with Crippen LogP contribution in [0.25, 0.3) is 0 Å². The second-order valence-electron chi connectivity index (χ2n) is 7.05. The van der Waals surface area contributed by atoms with Gasteiger partial charge in [0.05, 0.1) is 4.55 Å². The fourth-order valence-corrected chi connectivity index (χ4v) is 4.27. The van der Waals surface area contributed by atoms with Gasteiger partial charge in [0.25, 0.3) is 0 Å². The number of hydrogen-bond acceptors (Lipinski definition) is 6. The predicted molar refractivity (Wildman–Crippen MR) is 114 cm³/mol. The van der Waals surface area contributed by atoms with E-state index in [0.29, 0.717) is 16.1 Å². The normalized spacial score (nSPS) is 20.1. The van der Waals surface area contributed by atoms with E-state index >= 15 is 0 Å². The van der Waals surface area contributed by atoms with Crippen LogP contribution in [0, 0.1) is 0 Å². The fourth-order valence-electron chi connectivity index (χ4n) is 2.94. The number of carbonyl (C=O) groups is 1. The summed E-state index contributed by atoms with van der Waals surface area (Å²) in [6.07, 6.45) is 0. The molecule has 0 amide bonds. The molecule has 1 aliphatic rings. The highest BCUT2D eigenvalue weighted by Crippen LogP contribution is 2.40. The monoisotopic (exact) mass is 415 g/mol. The van der Waals surface area contributed by atoms with Gasteiger partial charge in [0.1, 0.15) is 15.7 Å². The Bertz CT molecular complexity index is 1080. The Kier molecular flexibility index (Phi) is 5.06. The molecule has 0 fully saturated rings. The first-order chi connectivity index (χ1) is 13.0. The Hall–Kier alpha value is -2.32. The van der Waals surface area contributed by atoms with E-state index in [1.807, 2.05) is 0 Å². The Morgan fingerprint density at radius 1 is 1.07 bits per heavy atom. The van der Waals surface area contributed by atoms with Crippen molar-refractivity contribution in [1.82, 2.24) is 0 Å². The Balaban J connectivity index is 1.96. The predicted octanol–water partition coefficient (Wildman–Crippen LogP) is -0.724. The molecule has 2 aromatic carbocycles. The van der Waals surface area contributed by atoms with Gasteiger partial charge in [-0.2, -0.15) is 8.42 Å². The van der Waals surface area contributed by atoms with Gasteiger partial charge in [-0.3, -0.25) is 4.79 Å². The fraction of sp³-hybridized carbons (Fsp3) is 0.118. The van der Waals surface area contributed by atoms with Crippen molar-refractivity contribution in [3.63, 3.8) is 0 Å². The molecular weight excluding hydrogens is 398 g/mol. The first-order valence-electron chi connectivity index (χ1n) is 8.49. The zero-order chi connectivity index (χ0) is 20.7. The average molecular weight is 415 g/mol. The van der Waals surface area contributed by atoms with E-state index in [1.165, 1.54) is 23.5 Å². The molecule has 0 unspecified atom stereocenters. The van der Waals surface area contributed by atoms with Gasteiger partial charge >= 0.3 is 10.1 Å². The minimum Gasteiger partial charge on any atom is -0.467 e. The third kappa shape index (κ3) is 3.20. The molecule has 0 aromatic heterocycles. The van der Waals surface area contributed by atoms with Crippen LogP contribution in [-0.4, -0.2) is 37.7 Å². The minimum absolute atomic E-state index is 0.292. The van der Waals surface area contributed by atoms with Crippen molar-refractivity contribution < 1.29 is 22.1 Å².